The molecule has 1 aromatic carbocycles. The first kappa shape index (κ1) is 19.6. The monoisotopic (exact) mass is 407 g/mol. The van der Waals surface area contributed by atoms with Crippen molar-refractivity contribution in [1.29, 1.82) is 0 Å². The van der Waals surface area contributed by atoms with Gasteiger partial charge in [0.15, 0.2) is 5.11 Å². The molecule has 1 aromatic heterocycles. The Kier molecular flexibility index (Phi) is 7.74. The van der Waals surface area contributed by atoms with Crippen molar-refractivity contribution in [3.63, 3.8) is 0 Å². The van der Waals surface area contributed by atoms with Crippen LogP contribution in [0.2, 0.25) is 5.02 Å². The van der Waals surface area contributed by atoms with Crippen molar-refractivity contribution >= 4 is 46.0 Å². The van der Waals surface area contributed by atoms with Crippen LogP contribution in [0, 0.1) is 0 Å². The maximum atomic E-state index is 6.29. The Balaban J connectivity index is 1.63. The van der Waals surface area contributed by atoms with Gasteiger partial charge in [0, 0.05) is 18.0 Å². The van der Waals surface area contributed by atoms with Gasteiger partial charge in [0.1, 0.15) is 0 Å². The second-order valence-corrected chi connectivity index (χ2v) is 8.49. The van der Waals surface area contributed by atoms with Gasteiger partial charge in [0.05, 0.1) is 17.3 Å². The van der Waals surface area contributed by atoms with Crippen LogP contribution in [0.15, 0.2) is 41.8 Å². The standard InChI is InChI=1S/C20H26ClN3S2/c21-18-9-3-4-10-19(18)22-20(25)24(16-17-8-7-15-26-17)14-13-23-11-5-1-2-6-12-23/h3-4,7-10,15H,1-2,5-6,11-14,16H2,(H,22,25). The van der Waals surface area contributed by atoms with Crippen LogP contribution in [0.3, 0.4) is 0 Å². The Morgan fingerprint density at radius 1 is 1.12 bits per heavy atom. The third-order valence-corrected chi connectivity index (χ3v) is 6.27. The van der Waals surface area contributed by atoms with Crippen LogP contribution in [0.1, 0.15) is 30.6 Å². The molecule has 140 valence electrons. The average molecular weight is 408 g/mol. The molecule has 0 amide bonds. The summed E-state index contributed by atoms with van der Waals surface area (Å²) in [7, 11) is 0. The highest BCUT2D eigenvalue weighted by Crippen LogP contribution is 2.22. The van der Waals surface area contributed by atoms with E-state index in [2.05, 4.69) is 32.6 Å². The first-order chi connectivity index (χ1) is 12.7. The molecule has 6 heteroatoms. The molecule has 0 bridgehead atoms. The molecule has 1 N–H and O–H groups in total. The van der Waals surface area contributed by atoms with Crippen molar-refractivity contribution < 1.29 is 0 Å². The van der Waals surface area contributed by atoms with Crippen molar-refractivity contribution in [2.45, 2.75) is 32.2 Å². The van der Waals surface area contributed by atoms with E-state index in [0.717, 1.165) is 30.4 Å². The molecular formula is C20H26ClN3S2. The number of hydrogen-bond acceptors (Lipinski definition) is 3. The van der Waals surface area contributed by atoms with Gasteiger partial charge in [0.25, 0.3) is 0 Å². The summed E-state index contributed by atoms with van der Waals surface area (Å²) in [4.78, 5) is 6.16. The topological polar surface area (TPSA) is 18.5 Å². The molecule has 1 fully saturated rings. The number of likely N-dealkylation sites (tertiary alicyclic amines) is 1. The number of thiophene rings is 1. The first-order valence-corrected chi connectivity index (χ1v) is 10.9. The molecule has 0 spiro atoms. The minimum Gasteiger partial charge on any atom is -0.343 e. The zero-order valence-corrected chi connectivity index (χ0v) is 17.4. The summed E-state index contributed by atoms with van der Waals surface area (Å²) in [6, 6.07) is 12.0. The minimum atomic E-state index is 0.693. The fourth-order valence-corrected chi connectivity index (χ4v) is 4.39. The van der Waals surface area contributed by atoms with Crippen molar-refractivity contribution in [3.05, 3.63) is 51.7 Å². The number of nitrogens with one attached hydrogen (secondary N) is 1. The first-order valence-electron chi connectivity index (χ1n) is 9.27. The molecule has 1 aliphatic heterocycles. The number of anilines is 1. The number of nitrogens with zero attached hydrogens (tertiary/aromatic N) is 2. The highest BCUT2D eigenvalue weighted by Gasteiger charge is 2.15. The van der Waals surface area contributed by atoms with Crippen LogP contribution in [-0.4, -0.2) is 41.1 Å². The minimum absolute atomic E-state index is 0.693. The predicted molar refractivity (Wildman–Crippen MR) is 117 cm³/mol. The van der Waals surface area contributed by atoms with E-state index in [4.69, 9.17) is 23.8 Å². The maximum Gasteiger partial charge on any atom is 0.173 e. The normalized spacial score (nSPS) is 15.4. The van der Waals surface area contributed by atoms with E-state index in [1.54, 1.807) is 11.3 Å². The summed E-state index contributed by atoms with van der Waals surface area (Å²) in [5.74, 6) is 0. The van der Waals surface area contributed by atoms with Crippen LogP contribution in [0.5, 0.6) is 0 Å². The summed E-state index contributed by atoms with van der Waals surface area (Å²) in [6.07, 6.45) is 5.35. The summed E-state index contributed by atoms with van der Waals surface area (Å²) >= 11 is 13.8. The average Bonchev–Trinajstić information content (AvgIpc) is 3.02. The molecule has 0 radical (unpaired) electrons. The number of para-hydroxylation sites is 1. The number of hydrogen-bond donors (Lipinski definition) is 1. The van der Waals surface area contributed by atoms with Gasteiger partial charge in [0.2, 0.25) is 0 Å². The van der Waals surface area contributed by atoms with E-state index in [-0.39, 0.29) is 0 Å². The van der Waals surface area contributed by atoms with Crippen LogP contribution in [-0.2, 0) is 6.54 Å². The Morgan fingerprint density at radius 3 is 2.58 bits per heavy atom. The Bertz CT molecular complexity index is 682. The largest absolute Gasteiger partial charge is 0.343 e. The number of rotatable bonds is 6. The molecule has 3 rings (SSSR count). The van der Waals surface area contributed by atoms with Gasteiger partial charge in [-0.2, -0.15) is 0 Å². The van der Waals surface area contributed by atoms with E-state index in [9.17, 15) is 0 Å². The third-order valence-electron chi connectivity index (χ3n) is 4.71. The molecule has 0 unspecified atom stereocenters. The molecule has 0 saturated carbocycles. The molecule has 0 aliphatic carbocycles. The Hall–Kier alpha value is -1.14. The second-order valence-electron chi connectivity index (χ2n) is 6.67. The van der Waals surface area contributed by atoms with E-state index in [1.807, 2.05) is 24.3 Å². The van der Waals surface area contributed by atoms with Gasteiger partial charge in [-0.15, -0.1) is 11.3 Å². The Labute approximate surface area is 171 Å². The van der Waals surface area contributed by atoms with Crippen molar-refractivity contribution in [2.24, 2.45) is 0 Å². The summed E-state index contributed by atoms with van der Waals surface area (Å²) in [6.45, 7) is 5.22. The molecule has 26 heavy (non-hydrogen) atoms. The number of benzene rings is 1. The number of thiocarbonyl (C=S) groups is 1. The van der Waals surface area contributed by atoms with Crippen molar-refractivity contribution in [1.82, 2.24) is 9.80 Å². The summed E-state index contributed by atoms with van der Waals surface area (Å²) in [5.41, 5.74) is 0.866. The fraction of sp³-hybridized carbons (Fsp3) is 0.450. The molecule has 3 nitrogen and oxygen atoms in total. The summed E-state index contributed by atoms with van der Waals surface area (Å²) < 4.78 is 0. The Morgan fingerprint density at radius 2 is 1.88 bits per heavy atom. The van der Waals surface area contributed by atoms with Crippen LogP contribution < -0.4 is 5.32 Å². The summed E-state index contributed by atoms with van der Waals surface area (Å²) in [5, 5.41) is 6.88. The molecule has 2 heterocycles. The van der Waals surface area contributed by atoms with E-state index in [0.29, 0.717) is 5.02 Å². The van der Waals surface area contributed by atoms with Crippen molar-refractivity contribution in [3.8, 4) is 0 Å². The lowest BCUT2D eigenvalue weighted by Gasteiger charge is -2.29. The van der Waals surface area contributed by atoms with Crippen molar-refractivity contribution in [2.75, 3.05) is 31.5 Å². The lowest BCUT2D eigenvalue weighted by molar-refractivity contribution is 0.253. The predicted octanol–water partition coefficient (Wildman–Crippen LogP) is 5.48. The molecular weight excluding hydrogens is 382 g/mol. The van der Waals surface area contributed by atoms with E-state index in [1.165, 1.54) is 43.6 Å². The van der Waals surface area contributed by atoms with Gasteiger partial charge < -0.3 is 15.1 Å². The lowest BCUT2D eigenvalue weighted by atomic mass is 10.2. The zero-order chi connectivity index (χ0) is 18.2. The van der Waals surface area contributed by atoms with Crippen LogP contribution in [0.25, 0.3) is 0 Å². The van der Waals surface area contributed by atoms with E-state index >= 15 is 0 Å². The smallest absolute Gasteiger partial charge is 0.173 e. The van der Waals surface area contributed by atoms with Gasteiger partial charge in [-0.25, -0.2) is 0 Å². The lowest BCUT2D eigenvalue weighted by Crippen LogP contribution is -2.40. The van der Waals surface area contributed by atoms with Crippen LogP contribution in [0.4, 0.5) is 5.69 Å². The maximum absolute atomic E-state index is 6.29. The number of halogens is 1. The van der Waals surface area contributed by atoms with Crippen LogP contribution >= 0.6 is 35.2 Å². The molecule has 2 aromatic rings. The second kappa shape index (κ2) is 10.3. The zero-order valence-electron chi connectivity index (χ0n) is 15.0. The molecule has 1 aliphatic rings. The van der Waals surface area contributed by atoms with Gasteiger partial charge in [-0.3, -0.25) is 0 Å². The highest BCUT2D eigenvalue weighted by atomic mass is 35.5. The quantitative estimate of drug-likeness (QED) is 0.639. The highest BCUT2D eigenvalue weighted by molar-refractivity contribution is 7.80. The molecule has 1 saturated heterocycles. The SMILES string of the molecule is S=C(Nc1ccccc1Cl)N(CCN1CCCCCC1)Cc1cccs1. The third kappa shape index (κ3) is 5.95. The molecule has 0 atom stereocenters. The van der Waals surface area contributed by atoms with Gasteiger partial charge >= 0.3 is 0 Å². The van der Waals surface area contributed by atoms with E-state index < -0.39 is 0 Å². The van der Waals surface area contributed by atoms with Gasteiger partial charge in [-0.05, 0) is 61.7 Å². The fourth-order valence-electron chi connectivity index (χ4n) is 3.22. The van der Waals surface area contributed by atoms with Gasteiger partial charge in [-0.1, -0.05) is 42.6 Å².